The van der Waals surface area contributed by atoms with Crippen molar-refractivity contribution in [3.63, 3.8) is 0 Å². The van der Waals surface area contributed by atoms with Crippen molar-refractivity contribution in [2.45, 2.75) is 20.1 Å². The standard InChI is InChI=1S/C25H19Cl2NO3S/c1-16-5-2-3-6-18(16)14-28-24(29)23(32-25(28)30)13-17-9-11-19(12-10-17)31-15-20-21(26)7-4-8-22(20)27/h2-13H,14-15H2,1H3/b23-13-. The summed E-state index contributed by atoms with van der Waals surface area (Å²) in [6, 6.07) is 20.3. The van der Waals surface area contributed by atoms with Gasteiger partial charge in [-0.05, 0) is 65.7 Å². The lowest BCUT2D eigenvalue weighted by molar-refractivity contribution is -0.123. The summed E-state index contributed by atoms with van der Waals surface area (Å²) >= 11 is 13.3. The van der Waals surface area contributed by atoms with E-state index in [1.54, 1.807) is 36.4 Å². The average molecular weight is 484 g/mol. The summed E-state index contributed by atoms with van der Waals surface area (Å²) in [7, 11) is 0. The lowest BCUT2D eigenvalue weighted by atomic mass is 10.1. The van der Waals surface area contributed by atoms with Crippen LogP contribution in [-0.4, -0.2) is 16.0 Å². The topological polar surface area (TPSA) is 46.6 Å². The Kier molecular flexibility index (Phi) is 6.89. The van der Waals surface area contributed by atoms with Gasteiger partial charge in [0.2, 0.25) is 0 Å². The van der Waals surface area contributed by atoms with Crippen molar-refractivity contribution in [2.24, 2.45) is 0 Å². The molecule has 1 heterocycles. The summed E-state index contributed by atoms with van der Waals surface area (Å²) in [6.07, 6.45) is 1.72. The van der Waals surface area contributed by atoms with Crippen LogP contribution >= 0.6 is 35.0 Å². The van der Waals surface area contributed by atoms with Crippen molar-refractivity contribution in [3.8, 4) is 5.75 Å². The molecule has 0 radical (unpaired) electrons. The Bertz CT molecular complexity index is 1190. The lowest BCUT2D eigenvalue weighted by Gasteiger charge is -2.14. The Morgan fingerprint density at radius 3 is 2.31 bits per heavy atom. The van der Waals surface area contributed by atoms with E-state index in [0.29, 0.717) is 20.7 Å². The fraction of sp³-hybridized carbons (Fsp3) is 0.120. The molecule has 1 aliphatic heterocycles. The van der Waals surface area contributed by atoms with Crippen LogP contribution in [0.2, 0.25) is 10.0 Å². The Labute approximate surface area is 200 Å². The molecule has 0 bridgehead atoms. The molecule has 162 valence electrons. The Morgan fingerprint density at radius 1 is 0.938 bits per heavy atom. The number of halogens is 2. The Morgan fingerprint density at radius 2 is 1.62 bits per heavy atom. The highest BCUT2D eigenvalue weighted by atomic mass is 35.5. The zero-order valence-corrected chi connectivity index (χ0v) is 19.5. The van der Waals surface area contributed by atoms with Gasteiger partial charge < -0.3 is 4.74 Å². The fourth-order valence-electron chi connectivity index (χ4n) is 3.23. The monoisotopic (exact) mass is 483 g/mol. The minimum Gasteiger partial charge on any atom is -0.489 e. The molecule has 2 amide bonds. The van der Waals surface area contributed by atoms with E-state index in [4.69, 9.17) is 27.9 Å². The molecular weight excluding hydrogens is 465 g/mol. The van der Waals surface area contributed by atoms with Crippen LogP contribution in [0.5, 0.6) is 5.75 Å². The van der Waals surface area contributed by atoms with Crippen molar-refractivity contribution < 1.29 is 14.3 Å². The number of aryl methyl sites for hydroxylation is 1. The number of ether oxygens (including phenoxy) is 1. The molecule has 0 N–H and O–H groups in total. The molecule has 7 heteroatoms. The number of carbonyl (C=O) groups is 2. The number of imide groups is 1. The SMILES string of the molecule is Cc1ccccc1CN1C(=O)S/C(=C\c2ccc(OCc3c(Cl)cccc3Cl)cc2)C1=O. The molecule has 0 unspecified atom stereocenters. The summed E-state index contributed by atoms with van der Waals surface area (Å²) in [5, 5.41) is 0.840. The molecule has 0 atom stereocenters. The smallest absolute Gasteiger partial charge is 0.293 e. The number of nitrogens with zero attached hydrogens (tertiary/aromatic N) is 1. The average Bonchev–Trinajstić information content (AvgIpc) is 3.03. The highest BCUT2D eigenvalue weighted by Gasteiger charge is 2.35. The molecule has 32 heavy (non-hydrogen) atoms. The molecule has 4 rings (SSSR count). The summed E-state index contributed by atoms with van der Waals surface area (Å²) in [4.78, 5) is 26.9. The van der Waals surface area contributed by atoms with Crippen LogP contribution in [0, 0.1) is 6.92 Å². The minimum atomic E-state index is -0.281. The van der Waals surface area contributed by atoms with E-state index in [1.807, 2.05) is 43.3 Å². The maximum Gasteiger partial charge on any atom is 0.293 e. The zero-order valence-electron chi connectivity index (χ0n) is 17.2. The van der Waals surface area contributed by atoms with Gasteiger partial charge in [-0.15, -0.1) is 0 Å². The number of amides is 2. The van der Waals surface area contributed by atoms with Gasteiger partial charge in [0.15, 0.2) is 0 Å². The second-order valence-corrected chi connectivity index (χ2v) is 9.06. The highest BCUT2D eigenvalue weighted by molar-refractivity contribution is 8.18. The van der Waals surface area contributed by atoms with E-state index >= 15 is 0 Å². The summed E-state index contributed by atoms with van der Waals surface area (Å²) in [5.41, 5.74) is 3.53. The maximum atomic E-state index is 12.8. The van der Waals surface area contributed by atoms with Gasteiger partial charge in [0.25, 0.3) is 11.1 Å². The van der Waals surface area contributed by atoms with Gasteiger partial charge in [-0.3, -0.25) is 14.5 Å². The molecular formula is C25H19Cl2NO3S. The van der Waals surface area contributed by atoms with Crippen LogP contribution in [0.15, 0.2) is 71.6 Å². The number of rotatable bonds is 6. The van der Waals surface area contributed by atoms with Crippen LogP contribution in [0.25, 0.3) is 6.08 Å². The molecule has 1 aliphatic rings. The summed E-state index contributed by atoms with van der Waals surface area (Å²) in [5.74, 6) is 0.364. The first kappa shape index (κ1) is 22.5. The second kappa shape index (κ2) is 9.82. The molecule has 4 nitrogen and oxygen atoms in total. The Hall–Kier alpha value is -2.73. The predicted octanol–water partition coefficient (Wildman–Crippen LogP) is 7.12. The number of carbonyl (C=O) groups excluding carboxylic acids is 2. The van der Waals surface area contributed by atoms with Crippen LogP contribution < -0.4 is 4.74 Å². The molecule has 0 aliphatic carbocycles. The van der Waals surface area contributed by atoms with Crippen molar-refractivity contribution in [2.75, 3.05) is 0 Å². The number of thioether (sulfide) groups is 1. The molecule has 0 saturated carbocycles. The number of hydrogen-bond acceptors (Lipinski definition) is 4. The maximum absolute atomic E-state index is 12.8. The third-order valence-electron chi connectivity index (χ3n) is 5.09. The first-order chi connectivity index (χ1) is 15.4. The number of hydrogen-bond donors (Lipinski definition) is 0. The van der Waals surface area contributed by atoms with Gasteiger partial charge in [-0.1, -0.05) is 65.7 Å². The fourth-order valence-corrected chi connectivity index (χ4v) is 4.58. The second-order valence-electron chi connectivity index (χ2n) is 7.25. The molecule has 0 spiro atoms. The van der Waals surface area contributed by atoms with Gasteiger partial charge in [0.05, 0.1) is 11.4 Å². The first-order valence-electron chi connectivity index (χ1n) is 9.88. The quantitative estimate of drug-likeness (QED) is 0.350. The molecule has 0 aromatic heterocycles. The van der Waals surface area contributed by atoms with Crippen LogP contribution in [-0.2, 0) is 17.9 Å². The minimum absolute atomic E-state index is 0.246. The first-order valence-corrected chi connectivity index (χ1v) is 11.5. The van der Waals surface area contributed by atoms with Crippen molar-refractivity contribution >= 4 is 52.2 Å². The zero-order chi connectivity index (χ0) is 22.7. The lowest BCUT2D eigenvalue weighted by Crippen LogP contribution is -2.27. The van der Waals surface area contributed by atoms with Crippen LogP contribution in [0.1, 0.15) is 22.3 Å². The largest absolute Gasteiger partial charge is 0.489 e. The van der Waals surface area contributed by atoms with Gasteiger partial charge in [0, 0.05) is 15.6 Å². The van der Waals surface area contributed by atoms with Crippen LogP contribution in [0.3, 0.4) is 0 Å². The molecule has 3 aromatic rings. The van der Waals surface area contributed by atoms with Gasteiger partial charge >= 0.3 is 0 Å². The van der Waals surface area contributed by atoms with E-state index in [2.05, 4.69) is 0 Å². The Balaban J connectivity index is 1.43. The van der Waals surface area contributed by atoms with Crippen molar-refractivity contribution in [3.05, 3.63) is 104 Å². The van der Waals surface area contributed by atoms with E-state index in [-0.39, 0.29) is 24.3 Å². The highest BCUT2D eigenvalue weighted by Crippen LogP contribution is 2.34. The van der Waals surface area contributed by atoms with Crippen molar-refractivity contribution in [1.29, 1.82) is 0 Å². The molecule has 1 saturated heterocycles. The van der Waals surface area contributed by atoms with Crippen molar-refractivity contribution in [1.82, 2.24) is 4.90 Å². The van der Waals surface area contributed by atoms with Gasteiger partial charge in [-0.25, -0.2) is 0 Å². The normalized spacial score (nSPS) is 15.0. The number of benzene rings is 3. The van der Waals surface area contributed by atoms with E-state index in [0.717, 1.165) is 34.0 Å². The van der Waals surface area contributed by atoms with Crippen LogP contribution in [0.4, 0.5) is 4.79 Å². The van der Waals surface area contributed by atoms with E-state index < -0.39 is 0 Å². The third kappa shape index (κ3) is 5.01. The summed E-state index contributed by atoms with van der Waals surface area (Å²) in [6.45, 7) is 2.48. The van der Waals surface area contributed by atoms with E-state index in [9.17, 15) is 9.59 Å². The van der Waals surface area contributed by atoms with Gasteiger partial charge in [0.1, 0.15) is 12.4 Å². The third-order valence-corrected chi connectivity index (χ3v) is 6.70. The van der Waals surface area contributed by atoms with E-state index in [1.165, 1.54) is 4.90 Å². The summed E-state index contributed by atoms with van der Waals surface area (Å²) < 4.78 is 5.79. The van der Waals surface area contributed by atoms with Gasteiger partial charge in [-0.2, -0.15) is 0 Å². The molecule has 3 aromatic carbocycles. The predicted molar refractivity (Wildman–Crippen MR) is 130 cm³/mol. The molecule has 1 fully saturated rings.